The topological polar surface area (TPSA) is 95.6 Å². The van der Waals surface area contributed by atoms with Gasteiger partial charge in [-0.1, -0.05) is 48.5 Å². The van der Waals surface area contributed by atoms with E-state index in [1.165, 1.54) is 9.71 Å². The highest BCUT2D eigenvalue weighted by Crippen LogP contribution is 2.25. The van der Waals surface area contributed by atoms with Gasteiger partial charge in [0.2, 0.25) is 15.9 Å². The van der Waals surface area contributed by atoms with Gasteiger partial charge in [0.05, 0.1) is 0 Å². The minimum Gasteiger partial charge on any atom is -0.352 e. The number of carbonyl (C=O) groups excluding carboxylic acids is 2. The van der Waals surface area contributed by atoms with E-state index in [-0.39, 0.29) is 23.9 Å². The first-order valence-corrected chi connectivity index (χ1v) is 13.3. The number of benzene rings is 2. The lowest BCUT2D eigenvalue weighted by Gasteiger charge is -2.31. The molecule has 0 bridgehead atoms. The molecule has 0 radical (unpaired) electrons. The van der Waals surface area contributed by atoms with Crippen LogP contribution in [-0.4, -0.2) is 49.2 Å². The number of sulfonamides is 1. The Morgan fingerprint density at radius 1 is 0.824 bits per heavy atom. The van der Waals surface area contributed by atoms with Gasteiger partial charge in [-0.25, -0.2) is 8.42 Å². The van der Waals surface area contributed by atoms with Crippen LogP contribution in [0, 0.1) is 0 Å². The van der Waals surface area contributed by atoms with E-state index in [1.807, 2.05) is 48.5 Å². The molecule has 0 aromatic heterocycles. The summed E-state index contributed by atoms with van der Waals surface area (Å²) in [4.78, 5) is 25.3. The van der Waals surface area contributed by atoms with Gasteiger partial charge < -0.3 is 10.6 Å². The predicted molar refractivity (Wildman–Crippen MR) is 132 cm³/mol. The van der Waals surface area contributed by atoms with Crippen molar-refractivity contribution in [2.45, 2.75) is 56.7 Å². The molecule has 7 nitrogen and oxygen atoms in total. The monoisotopic (exact) mass is 481 g/mol. The summed E-state index contributed by atoms with van der Waals surface area (Å²) < 4.78 is 27.1. The van der Waals surface area contributed by atoms with E-state index >= 15 is 0 Å². The van der Waals surface area contributed by atoms with Crippen molar-refractivity contribution in [2.24, 2.45) is 0 Å². The number of rotatable bonds is 7. The molecule has 2 aliphatic rings. The van der Waals surface area contributed by atoms with Crippen molar-refractivity contribution in [3.8, 4) is 0 Å². The molecule has 2 aromatic rings. The van der Waals surface area contributed by atoms with E-state index in [0.29, 0.717) is 24.9 Å². The maximum Gasteiger partial charge on any atom is 0.251 e. The smallest absolute Gasteiger partial charge is 0.251 e. The maximum atomic E-state index is 13.0. The largest absolute Gasteiger partial charge is 0.352 e. The first-order chi connectivity index (χ1) is 16.4. The van der Waals surface area contributed by atoms with Crippen molar-refractivity contribution < 1.29 is 18.0 Å². The van der Waals surface area contributed by atoms with Crippen molar-refractivity contribution in [1.29, 1.82) is 0 Å². The van der Waals surface area contributed by atoms with Crippen LogP contribution in [0.5, 0.6) is 0 Å². The highest BCUT2D eigenvalue weighted by atomic mass is 32.2. The fourth-order valence-electron chi connectivity index (χ4n) is 4.65. The average Bonchev–Trinajstić information content (AvgIpc) is 3.37. The molecule has 1 heterocycles. The van der Waals surface area contributed by atoms with Crippen LogP contribution in [0.4, 0.5) is 0 Å². The second-order valence-corrected chi connectivity index (χ2v) is 10.7. The van der Waals surface area contributed by atoms with Crippen molar-refractivity contribution in [1.82, 2.24) is 14.9 Å². The van der Waals surface area contributed by atoms with Crippen LogP contribution >= 0.6 is 0 Å². The first kappa shape index (κ1) is 24.2. The molecule has 180 valence electrons. The van der Waals surface area contributed by atoms with Gasteiger partial charge >= 0.3 is 0 Å². The fraction of sp³-hybridized carbons (Fsp3) is 0.385. The molecule has 1 saturated heterocycles. The molecule has 1 saturated carbocycles. The third-order valence-corrected chi connectivity index (χ3v) is 8.08. The van der Waals surface area contributed by atoms with E-state index in [9.17, 15) is 18.0 Å². The van der Waals surface area contributed by atoms with Gasteiger partial charge in [-0.15, -0.1) is 0 Å². The summed E-state index contributed by atoms with van der Waals surface area (Å²) in [5.41, 5.74) is 1.43. The number of carbonyl (C=O) groups is 2. The predicted octanol–water partition coefficient (Wildman–Crippen LogP) is 3.31. The Hall–Kier alpha value is -2.97. The fourth-order valence-corrected chi connectivity index (χ4v) is 6.08. The molecule has 2 aromatic carbocycles. The SMILES string of the molecule is O=C(NC1CCC(NC(=O)[C@H]2CCCN2S(=O)(=O)/C=C/c2ccccc2)CC1)c1ccccc1. The molecular formula is C26H31N3O4S. The number of amides is 2. The number of hydrogen-bond acceptors (Lipinski definition) is 4. The summed E-state index contributed by atoms with van der Waals surface area (Å²) in [6, 6.07) is 17.7. The molecule has 0 unspecified atom stereocenters. The molecule has 2 N–H and O–H groups in total. The van der Waals surface area contributed by atoms with Gasteiger partial charge in [0.25, 0.3) is 5.91 Å². The van der Waals surface area contributed by atoms with Gasteiger partial charge in [-0.05, 0) is 62.3 Å². The molecule has 1 atom stereocenters. The summed E-state index contributed by atoms with van der Waals surface area (Å²) in [6.07, 6.45) is 5.79. The molecule has 2 fully saturated rings. The lowest BCUT2D eigenvalue weighted by atomic mass is 9.90. The van der Waals surface area contributed by atoms with E-state index in [2.05, 4.69) is 10.6 Å². The third-order valence-electron chi connectivity index (χ3n) is 6.51. The van der Waals surface area contributed by atoms with Gasteiger partial charge in [0.15, 0.2) is 0 Å². The van der Waals surface area contributed by atoms with Gasteiger partial charge in [0.1, 0.15) is 6.04 Å². The standard InChI is InChI=1S/C26H31N3O4S/c30-25(21-10-5-2-6-11-21)27-22-13-15-23(16-14-22)28-26(31)24-12-7-18-29(24)34(32,33)19-17-20-8-3-1-4-9-20/h1-6,8-11,17,19,22-24H,7,12-16,18H2,(H,27,30)(H,28,31)/b19-17+/t22?,23?,24-/m1/s1. The summed E-state index contributed by atoms with van der Waals surface area (Å²) in [6.45, 7) is 0.345. The number of nitrogens with zero attached hydrogens (tertiary/aromatic N) is 1. The molecular weight excluding hydrogens is 450 g/mol. The summed E-state index contributed by atoms with van der Waals surface area (Å²) in [7, 11) is -3.70. The van der Waals surface area contributed by atoms with Crippen LogP contribution < -0.4 is 10.6 Å². The maximum absolute atomic E-state index is 13.0. The third kappa shape index (κ3) is 6.12. The van der Waals surface area contributed by atoms with E-state index < -0.39 is 16.1 Å². The number of nitrogens with one attached hydrogen (secondary N) is 2. The van der Waals surface area contributed by atoms with Crippen LogP contribution in [0.2, 0.25) is 0 Å². The van der Waals surface area contributed by atoms with Crippen molar-refractivity contribution in [3.63, 3.8) is 0 Å². The van der Waals surface area contributed by atoms with Crippen LogP contribution in [0.15, 0.2) is 66.1 Å². The lowest BCUT2D eigenvalue weighted by Crippen LogP contribution is -2.50. The molecule has 2 amide bonds. The van der Waals surface area contributed by atoms with Gasteiger partial charge in [0, 0.05) is 29.6 Å². The zero-order valence-electron chi connectivity index (χ0n) is 19.1. The number of hydrogen-bond donors (Lipinski definition) is 2. The van der Waals surface area contributed by atoms with Crippen LogP contribution in [0.25, 0.3) is 6.08 Å². The van der Waals surface area contributed by atoms with Crippen molar-refractivity contribution in [3.05, 3.63) is 77.2 Å². The molecule has 4 rings (SSSR count). The summed E-state index contributed by atoms with van der Waals surface area (Å²) >= 11 is 0. The van der Waals surface area contributed by atoms with Crippen LogP contribution in [0.3, 0.4) is 0 Å². The Balaban J connectivity index is 1.29. The lowest BCUT2D eigenvalue weighted by molar-refractivity contribution is -0.125. The second kappa shape index (κ2) is 11.0. The Labute approximate surface area is 201 Å². The highest BCUT2D eigenvalue weighted by Gasteiger charge is 2.38. The summed E-state index contributed by atoms with van der Waals surface area (Å²) in [5, 5.41) is 7.32. The Kier molecular flexibility index (Phi) is 7.80. The van der Waals surface area contributed by atoms with Gasteiger partial charge in [-0.3, -0.25) is 9.59 Å². The Morgan fingerprint density at radius 2 is 1.41 bits per heavy atom. The normalized spacial score (nSPS) is 23.6. The molecule has 1 aliphatic heterocycles. The summed E-state index contributed by atoms with van der Waals surface area (Å²) in [5.74, 6) is -0.311. The van der Waals surface area contributed by atoms with Crippen molar-refractivity contribution >= 4 is 27.9 Å². The molecule has 0 spiro atoms. The second-order valence-electron chi connectivity index (χ2n) is 8.92. The minimum atomic E-state index is -3.70. The van der Waals surface area contributed by atoms with E-state index in [0.717, 1.165) is 31.2 Å². The molecule has 8 heteroatoms. The average molecular weight is 482 g/mol. The zero-order chi connectivity index (χ0) is 24.0. The van der Waals surface area contributed by atoms with E-state index in [1.54, 1.807) is 18.2 Å². The Bertz CT molecular complexity index is 1110. The Morgan fingerprint density at radius 3 is 2.06 bits per heavy atom. The van der Waals surface area contributed by atoms with Gasteiger partial charge in [-0.2, -0.15) is 4.31 Å². The minimum absolute atomic E-state index is 0.0117. The van der Waals surface area contributed by atoms with Crippen molar-refractivity contribution in [2.75, 3.05) is 6.54 Å². The highest BCUT2D eigenvalue weighted by molar-refractivity contribution is 7.92. The van der Waals surface area contributed by atoms with Crippen LogP contribution in [-0.2, 0) is 14.8 Å². The quantitative estimate of drug-likeness (QED) is 0.634. The molecule has 34 heavy (non-hydrogen) atoms. The first-order valence-electron chi connectivity index (χ1n) is 11.8. The van der Waals surface area contributed by atoms with E-state index in [4.69, 9.17) is 0 Å². The molecule has 1 aliphatic carbocycles. The van der Waals surface area contributed by atoms with Crippen LogP contribution in [0.1, 0.15) is 54.4 Å². The zero-order valence-corrected chi connectivity index (χ0v) is 19.9.